The first kappa shape index (κ1) is 15.3. The van der Waals surface area contributed by atoms with Crippen molar-refractivity contribution in [1.29, 1.82) is 0 Å². The maximum absolute atomic E-state index is 11.8. The van der Waals surface area contributed by atoms with Crippen LogP contribution in [0.1, 0.15) is 19.8 Å². The molecule has 2 unspecified atom stereocenters. The van der Waals surface area contributed by atoms with Crippen LogP contribution in [0.4, 0.5) is 0 Å². The molecule has 1 amide bonds. The zero-order valence-electron chi connectivity index (χ0n) is 10.5. The lowest BCUT2D eigenvalue weighted by atomic mass is 10.1. The van der Waals surface area contributed by atoms with Crippen LogP contribution in [0.15, 0.2) is 0 Å². The molecule has 1 fully saturated rings. The maximum Gasteiger partial charge on any atom is 0.332 e. The van der Waals surface area contributed by atoms with E-state index in [1.165, 1.54) is 11.8 Å². The van der Waals surface area contributed by atoms with Crippen molar-refractivity contribution in [3.8, 4) is 0 Å². The van der Waals surface area contributed by atoms with Crippen LogP contribution in [-0.4, -0.2) is 58.5 Å². The van der Waals surface area contributed by atoms with Crippen LogP contribution in [0.2, 0.25) is 0 Å². The molecule has 0 bridgehead atoms. The highest BCUT2D eigenvalue weighted by Crippen LogP contribution is 2.20. The number of rotatable bonds is 6. The molecule has 0 aliphatic carbocycles. The van der Waals surface area contributed by atoms with Gasteiger partial charge in [0.15, 0.2) is 6.10 Å². The zero-order chi connectivity index (χ0) is 13.7. The molecule has 7 heteroatoms. The Morgan fingerprint density at radius 1 is 1.44 bits per heavy atom. The number of carbonyl (C=O) groups is 2. The van der Waals surface area contributed by atoms with Crippen LogP contribution in [0, 0.1) is 0 Å². The first-order valence-corrected chi connectivity index (χ1v) is 7.10. The lowest BCUT2D eigenvalue weighted by Crippen LogP contribution is -2.45. The van der Waals surface area contributed by atoms with E-state index in [1.807, 2.05) is 6.26 Å². The highest BCUT2D eigenvalue weighted by Gasteiger charge is 2.35. The number of ether oxygens (including phenoxy) is 1. The molecule has 0 aromatic carbocycles. The largest absolute Gasteiger partial charge is 0.479 e. The number of amides is 1. The fourth-order valence-corrected chi connectivity index (χ4v) is 2.48. The summed E-state index contributed by atoms with van der Waals surface area (Å²) in [6, 6.07) is -0.190. The Morgan fingerprint density at radius 2 is 2.06 bits per heavy atom. The Bertz CT molecular complexity index is 308. The molecule has 18 heavy (non-hydrogen) atoms. The van der Waals surface area contributed by atoms with E-state index in [9.17, 15) is 9.59 Å². The van der Waals surface area contributed by atoms with Gasteiger partial charge in [-0.25, -0.2) is 4.79 Å². The van der Waals surface area contributed by atoms with Gasteiger partial charge >= 0.3 is 5.97 Å². The van der Waals surface area contributed by atoms with E-state index in [0.29, 0.717) is 12.8 Å². The minimum Gasteiger partial charge on any atom is -0.479 e. The summed E-state index contributed by atoms with van der Waals surface area (Å²) >= 11 is 1.47. The highest BCUT2D eigenvalue weighted by atomic mass is 32.2. The zero-order valence-corrected chi connectivity index (χ0v) is 11.3. The summed E-state index contributed by atoms with van der Waals surface area (Å²) in [6.45, 7) is 1.78. The van der Waals surface area contributed by atoms with Gasteiger partial charge in [0.25, 0.3) is 0 Å². The van der Waals surface area contributed by atoms with Gasteiger partial charge < -0.3 is 20.3 Å². The number of hydrogen-bond acceptors (Lipinski definition) is 5. The topological polar surface area (TPSA) is 95.9 Å². The highest BCUT2D eigenvalue weighted by molar-refractivity contribution is 7.99. The van der Waals surface area contributed by atoms with Gasteiger partial charge in [-0.2, -0.15) is 11.8 Å². The predicted octanol–water partition coefficient (Wildman–Crippen LogP) is -0.153. The van der Waals surface area contributed by atoms with Crippen molar-refractivity contribution in [3.63, 3.8) is 0 Å². The Hall–Kier alpha value is -0.790. The van der Waals surface area contributed by atoms with E-state index in [0.717, 1.165) is 0 Å². The van der Waals surface area contributed by atoms with Crippen molar-refractivity contribution < 1.29 is 24.5 Å². The van der Waals surface area contributed by atoms with Crippen LogP contribution < -0.4 is 5.32 Å². The van der Waals surface area contributed by atoms with Gasteiger partial charge in [0.05, 0.1) is 6.61 Å². The van der Waals surface area contributed by atoms with Crippen molar-refractivity contribution in [1.82, 2.24) is 5.32 Å². The second kappa shape index (κ2) is 6.96. The molecule has 0 spiro atoms. The van der Waals surface area contributed by atoms with Crippen molar-refractivity contribution in [2.24, 2.45) is 0 Å². The van der Waals surface area contributed by atoms with Crippen LogP contribution in [0.3, 0.4) is 0 Å². The van der Waals surface area contributed by atoms with E-state index in [4.69, 9.17) is 14.9 Å². The monoisotopic (exact) mass is 277 g/mol. The molecule has 0 saturated carbocycles. The fraction of sp³-hybridized carbons (Fsp3) is 0.818. The number of carbonyl (C=O) groups excluding carboxylic acids is 1. The summed E-state index contributed by atoms with van der Waals surface area (Å²) in [4.78, 5) is 22.5. The average Bonchev–Trinajstić information content (AvgIpc) is 2.79. The number of aliphatic hydroxyl groups is 1. The molecule has 1 rings (SSSR count). The molecule has 0 aromatic heterocycles. The molecule has 3 N–H and O–H groups in total. The van der Waals surface area contributed by atoms with Crippen molar-refractivity contribution in [2.75, 3.05) is 12.9 Å². The summed E-state index contributed by atoms with van der Waals surface area (Å²) in [5, 5.41) is 20.5. The number of carboxylic acid groups (broad SMARTS) is 1. The van der Waals surface area contributed by atoms with E-state index >= 15 is 0 Å². The molecular formula is C11H19NO5S. The third kappa shape index (κ3) is 3.86. The number of aliphatic carboxylic acids is 1. The molecule has 1 aliphatic heterocycles. The summed E-state index contributed by atoms with van der Waals surface area (Å²) in [5.74, 6) is -1.34. The van der Waals surface area contributed by atoms with E-state index < -0.39 is 18.2 Å². The van der Waals surface area contributed by atoms with E-state index in [1.54, 1.807) is 6.92 Å². The first-order chi connectivity index (χ1) is 8.49. The van der Waals surface area contributed by atoms with Crippen molar-refractivity contribution in [3.05, 3.63) is 0 Å². The second-order valence-corrected chi connectivity index (χ2v) is 5.36. The van der Waals surface area contributed by atoms with Crippen molar-refractivity contribution in [2.45, 2.75) is 43.3 Å². The van der Waals surface area contributed by atoms with Gasteiger partial charge in [-0.1, -0.05) is 0 Å². The van der Waals surface area contributed by atoms with E-state index in [2.05, 4.69) is 5.32 Å². The summed E-state index contributed by atoms with van der Waals surface area (Å²) in [7, 11) is 0. The van der Waals surface area contributed by atoms with Gasteiger partial charge in [0.1, 0.15) is 6.10 Å². The van der Waals surface area contributed by atoms with E-state index in [-0.39, 0.29) is 23.8 Å². The van der Waals surface area contributed by atoms with Crippen LogP contribution in [-0.2, 0) is 14.3 Å². The Kier molecular flexibility index (Phi) is 5.90. The number of carboxylic acids is 1. The van der Waals surface area contributed by atoms with Gasteiger partial charge in [-0.3, -0.25) is 4.79 Å². The molecule has 1 heterocycles. The van der Waals surface area contributed by atoms with Crippen LogP contribution in [0.5, 0.6) is 0 Å². The SMILES string of the molecule is CSC(CO)C(C)NC(=O)[C@@H]1CC[C@H](C(=O)O)O1. The number of hydrogen-bond donors (Lipinski definition) is 3. The molecule has 4 atom stereocenters. The quantitative estimate of drug-likeness (QED) is 0.625. The van der Waals surface area contributed by atoms with Crippen LogP contribution in [0.25, 0.3) is 0 Å². The Balaban J connectivity index is 2.44. The predicted molar refractivity (Wildman–Crippen MR) is 67.5 cm³/mol. The average molecular weight is 277 g/mol. The number of nitrogens with one attached hydrogen (secondary N) is 1. The lowest BCUT2D eigenvalue weighted by Gasteiger charge is -2.22. The second-order valence-electron chi connectivity index (χ2n) is 4.28. The molecule has 1 aliphatic rings. The number of aliphatic hydroxyl groups excluding tert-OH is 1. The minimum atomic E-state index is -1.03. The molecule has 6 nitrogen and oxygen atoms in total. The maximum atomic E-state index is 11.8. The minimum absolute atomic E-state index is 0.0219. The summed E-state index contributed by atoms with van der Waals surface area (Å²) in [6.07, 6.45) is 1.04. The van der Waals surface area contributed by atoms with Gasteiger partial charge in [-0.15, -0.1) is 0 Å². The van der Waals surface area contributed by atoms with Gasteiger partial charge in [0.2, 0.25) is 5.91 Å². The smallest absolute Gasteiger partial charge is 0.332 e. The fourth-order valence-electron chi connectivity index (χ4n) is 1.86. The number of thioether (sulfide) groups is 1. The Morgan fingerprint density at radius 3 is 2.50 bits per heavy atom. The standard InChI is InChI=1S/C11H19NO5S/c1-6(9(5-13)18-2)12-10(14)7-3-4-8(17-7)11(15)16/h6-9,13H,3-5H2,1-2H3,(H,12,14)(H,15,16)/t6?,7-,8+,9?/m0/s1. The molecule has 0 aromatic rings. The van der Waals surface area contributed by atoms with Gasteiger partial charge in [-0.05, 0) is 26.0 Å². The van der Waals surface area contributed by atoms with Gasteiger partial charge in [0, 0.05) is 11.3 Å². The summed E-state index contributed by atoms with van der Waals surface area (Å²) in [5.41, 5.74) is 0. The summed E-state index contributed by atoms with van der Waals surface area (Å²) < 4.78 is 5.15. The lowest BCUT2D eigenvalue weighted by molar-refractivity contribution is -0.151. The third-order valence-electron chi connectivity index (χ3n) is 3.00. The molecule has 1 saturated heterocycles. The molecular weight excluding hydrogens is 258 g/mol. The first-order valence-electron chi connectivity index (χ1n) is 5.81. The van der Waals surface area contributed by atoms with Crippen molar-refractivity contribution >= 4 is 23.6 Å². The molecule has 0 radical (unpaired) electrons. The molecule has 104 valence electrons. The Labute approximate surface area is 110 Å². The van der Waals surface area contributed by atoms with Crippen LogP contribution >= 0.6 is 11.8 Å². The normalized spacial score (nSPS) is 26.6. The third-order valence-corrected chi connectivity index (χ3v) is 4.16.